The lowest BCUT2D eigenvalue weighted by molar-refractivity contribution is 0.102. The highest BCUT2D eigenvalue weighted by molar-refractivity contribution is 6.32. The van der Waals surface area contributed by atoms with E-state index in [9.17, 15) is 4.79 Å². The maximum atomic E-state index is 12.6. The Morgan fingerprint density at radius 2 is 1.78 bits per heavy atom. The van der Waals surface area contributed by atoms with Gasteiger partial charge in [-0.2, -0.15) is 0 Å². The van der Waals surface area contributed by atoms with Crippen molar-refractivity contribution in [2.24, 2.45) is 0 Å². The predicted octanol–water partition coefficient (Wildman–Crippen LogP) is 5.82. The Hall–Kier alpha value is -3.71. The van der Waals surface area contributed by atoms with Crippen molar-refractivity contribution in [2.45, 2.75) is 6.92 Å². The summed E-state index contributed by atoms with van der Waals surface area (Å²) in [4.78, 5) is 17.2. The topological polar surface area (TPSA) is 82.8 Å². The fraction of sp³-hybridized carbons (Fsp3) is 0.167. The minimum absolute atomic E-state index is 0.294. The highest BCUT2D eigenvalue weighted by Gasteiger charge is 2.14. The van der Waals surface area contributed by atoms with Crippen LogP contribution in [0.1, 0.15) is 17.3 Å². The Kier molecular flexibility index (Phi) is 6.18. The molecule has 7 nitrogen and oxygen atoms in total. The van der Waals surface area contributed by atoms with Crippen LogP contribution in [0.2, 0.25) is 5.02 Å². The fourth-order valence-corrected chi connectivity index (χ4v) is 3.45. The van der Waals surface area contributed by atoms with Gasteiger partial charge in [0.25, 0.3) is 5.91 Å². The van der Waals surface area contributed by atoms with Crippen molar-refractivity contribution in [3.63, 3.8) is 0 Å². The number of nitrogens with zero attached hydrogens (tertiary/aromatic N) is 1. The van der Waals surface area contributed by atoms with Gasteiger partial charge < -0.3 is 23.9 Å². The summed E-state index contributed by atoms with van der Waals surface area (Å²) in [5.74, 6) is 1.87. The van der Waals surface area contributed by atoms with E-state index in [0.717, 1.165) is 5.56 Å². The summed E-state index contributed by atoms with van der Waals surface area (Å²) in [5.41, 5.74) is 2.95. The first-order valence-electron chi connectivity index (χ1n) is 9.89. The number of aromatic nitrogens is 1. The van der Waals surface area contributed by atoms with E-state index in [2.05, 4.69) is 10.3 Å². The number of amides is 1. The number of ether oxygens (including phenoxy) is 3. The number of hydrogen-bond acceptors (Lipinski definition) is 6. The number of methoxy groups -OCH3 is 2. The molecule has 0 saturated heterocycles. The first-order chi connectivity index (χ1) is 15.5. The number of carbonyl (C=O) groups is 1. The van der Waals surface area contributed by atoms with Gasteiger partial charge >= 0.3 is 0 Å². The summed E-state index contributed by atoms with van der Waals surface area (Å²) in [6.07, 6.45) is 0. The fourth-order valence-electron chi connectivity index (χ4n) is 3.22. The number of anilines is 1. The molecule has 0 saturated carbocycles. The molecule has 0 bridgehead atoms. The molecule has 32 heavy (non-hydrogen) atoms. The summed E-state index contributed by atoms with van der Waals surface area (Å²) >= 11 is 6.19. The second kappa shape index (κ2) is 9.20. The average molecular weight is 453 g/mol. The van der Waals surface area contributed by atoms with Gasteiger partial charge in [0.15, 0.2) is 17.1 Å². The van der Waals surface area contributed by atoms with E-state index in [0.29, 0.717) is 57.1 Å². The van der Waals surface area contributed by atoms with E-state index in [-0.39, 0.29) is 5.91 Å². The number of rotatable bonds is 7. The molecule has 0 radical (unpaired) electrons. The molecule has 0 atom stereocenters. The van der Waals surface area contributed by atoms with Crippen molar-refractivity contribution in [1.82, 2.24) is 4.98 Å². The smallest absolute Gasteiger partial charge is 0.255 e. The molecular formula is C24H21ClN2O5. The summed E-state index contributed by atoms with van der Waals surface area (Å²) in [6, 6.07) is 15.6. The van der Waals surface area contributed by atoms with Crippen LogP contribution in [0, 0.1) is 0 Å². The van der Waals surface area contributed by atoms with Crippen LogP contribution in [0.25, 0.3) is 22.6 Å². The Morgan fingerprint density at radius 3 is 2.50 bits per heavy atom. The summed E-state index contributed by atoms with van der Waals surface area (Å²) in [5, 5.41) is 3.24. The van der Waals surface area contributed by atoms with E-state index < -0.39 is 0 Å². The number of nitrogens with one attached hydrogen (secondary N) is 1. The lowest BCUT2D eigenvalue weighted by atomic mass is 10.2. The molecule has 1 N–H and O–H groups in total. The second-order valence-electron chi connectivity index (χ2n) is 6.80. The van der Waals surface area contributed by atoms with Crippen LogP contribution < -0.4 is 19.5 Å². The third kappa shape index (κ3) is 4.33. The van der Waals surface area contributed by atoms with Crippen LogP contribution in [0.5, 0.6) is 17.2 Å². The van der Waals surface area contributed by atoms with Gasteiger partial charge in [0, 0.05) is 16.8 Å². The molecular weight excluding hydrogens is 432 g/mol. The highest BCUT2D eigenvalue weighted by Crippen LogP contribution is 2.33. The first-order valence-corrected chi connectivity index (χ1v) is 10.3. The van der Waals surface area contributed by atoms with E-state index in [1.54, 1.807) is 62.8 Å². The van der Waals surface area contributed by atoms with Crippen LogP contribution in [0.15, 0.2) is 59.0 Å². The molecule has 0 aliphatic heterocycles. The number of hydrogen-bond donors (Lipinski definition) is 1. The minimum atomic E-state index is -0.294. The highest BCUT2D eigenvalue weighted by atomic mass is 35.5. The lowest BCUT2D eigenvalue weighted by Gasteiger charge is -2.08. The monoisotopic (exact) mass is 452 g/mol. The molecule has 0 aliphatic rings. The van der Waals surface area contributed by atoms with Gasteiger partial charge in [0.1, 0.15) is 11.3 Å². The first kappa shape index (κ1) is 21.5. The van der Waals surface area contributed by atoms with E-state index in [4.69, 9.17) is 30.2 Å². The Morgan fingerprint density at radius 1 is 1.00 bits per heavy atom. The SMILES string of the molecule is CCOc1ccc(C(=O)Nc2ccc3oc(-c4ccc(OC)c(OC)c4)nc3c2)cc1Cl. The molecule has 3 aromatic carbocycles. The number of oxazole rings is 1. The molecule has 1 heterocycles. The number of fused-ring (bicyclic) bond motifs is 1. The zero-order valence-electron chi connectivity index (χ0n) is 17.8. The van der Waals surface area contributed by atoms with Crippen molar-refractivity contribution in [2.75, 3.05) is 26.1 Å². The second-order valence-corrected chi connectivity index (χ2v) is 7.21. The summed E-state index contributed by atoms with van der Waals surface area (Å²) < 4.78 is 21.9. The standard InChI is InChI=1S/C24H21ClN2O5/c1-4-31-19-8-5-14(11-17(19)25)23(28)26-16-7-10-20-18(13-16)27-24(32-20)15-6-9-21(29-2)22(12-15)30-3/h5-13H,4H2,1-3H3,(H,26,28). The molecule has 1 amide bonds. The predicted molar refractivity (Wildman–Crippen MR) is 123 cm³/mol. The molecule has 0 unspecified atom stereocenters. The summed E-state index contributed by atoms with van der Waals surface area (Å²) in [7, 11) is 3.15. The molecule has 4 aromatic rings. The molecule has 164 valence electrons. The Balaban J connectivity index is 1.57. The van der Waals surface area contributed by atoms with Gasteiger partial charge in [-0.15, -0.1) is 0 Å². The third-order valence-electron chi connectivity index (χ3n) is 4.77. The number of halogens is 1. The zero-order chi connectivity index (χ0) is 22.7. The maximum absolute atomic E-state index is 12.6. The van der Waals surface area contributed by atoms with Gasteiger partial charge in [0.2, 0.25) is 5.89 Å². The van der Waals surface area contributed by atoms with Crippen LogP contribution in [0.3, 0.4) is 0 Å². The van der Waals surface area contributed by atoms with E-state index >= 15 is 0 Å². The lowest BCUT2D eigenvalue weighted by Crippen LogP contribution is -2.11. The number of carbonyl (C=O) groups excluding carboxylic acids is 1. The Labute approximate surface area is 189 Å². The molecule has 1 aromatic heterocycles. The largest absolute Gasteiger partial charge is 0.493 e. The van der Waals surface area contributed by atoms with Gasteiger partial charge in [0.05, 0.1) is 25.8 Å². The maximum Gasteiger partial charge on any atom is 0.255 e. The van der Waals surface area contributed by atoms with Crippen LogP contribution in [-0.2, 0) is 0 Å². The normalized spacial score (nSPS) is 10.8. The molecule has 0 aliphatic carbocycles. The third-order valence-corrected chi connectivity index (χ3v) is 5.07. The van der Waals surface area contributed by atoms with E-state index in [1.807, 2.05) is 13.0 Å². The van der Waals surface area contributed by atoms with Crippen LogP contribution >= 0.6 is 11.6 Å². The quantitative estimate of drug-likeness (QED) is 0.380. The van der Waals surface area contributed by atoms with Crippen molar-refractivity contribution < 1.29 is 23.4 Å². The van der Waals surface area contributed by atoms with Crippen molar-refractivity contribution in [3.05, 3.63) is 65.2 Å². The molecule has 4 rings (SSSR count). The number of benzene rings is 3. The zero-order valence-corrected chi connectivity index (χ0v) is 18.5. The minimum Gasteiger partial charge on any atom is -0.493 e. The van der Waals surface area contributed by atoms with Gasteiger partial charge in [-0.3, -0.25) is 4.79 Å². The summed E-state index contributed by atoms with van der Waals surface area (Å²) in [6.45, 7) is 2.36. The van der Waals surface area contributed by atoms with Crippen LogP contribution in [0.4, 0.5) is 5.69 Å². The average Bonchev–Trinajstić information content (AvgIpc) is 3.23. The van der Waals surface area contributed by atoms with E-state index in [1.165, 1.54) is 0 Å². The van der Waals surface area contributed by atoms with Gasteiger partial charge in [-0.05, 0) is 61.5 Å². The molecule has 0 fully saturated rings. The van der Waals surface area contributed by atoms with Gasteiger partial charge in [-0.25, -0.2) is 4.98 Å². The Bertz CT molecular complexity index is 1280. The van der Waals surface area contributed by atoms with Crippen LogP contribution in [-0.4, -0.2) is 31.7 Å². The van der Waals surface area contributed by atoms with Crippen molar-refractivity contribution >= 4 is 34.3 Å². The molecule has 8 heteroatoms. The molecule has 0 spiro atoms. The van der Waals surface area contributed by atoms with Gasteiger partial charge in [-0.1, -0.05) is 11.6 Å². The van der Waals surface area contributed by atoms with Crippen molar-refractivity contribution in [3.8, 4) is 28.7 Å². The van der Waals surface area contributed by atoms with Crippen molar-refractivity contribution in [1.29, 1.82) is 0 Å².